The molecule has 0 aliphatic carbocycles. The third-order valence-electron chi connectivity index (χ3n) is 1.66. The summed E-state index contributed by atoms with van der Waals surface area (Å²) in [5.41, 5.74) is 2.51. The number of anilines is 1. The maximum absolute atomic E-state index is 10.9. The standard InChI is InChI=1S/C9H12N2O2/c1-6-5-10-7(2)4-8(6)11-9(12)13-3/h4-5H,1-3H3,(H,10,11,12). The fraction of sp³-hybridized carbons (Fsp3) is 0.333. The summed E-state index contributed by atoms with van der Waals surface area (Å²) in [7, 11) is 1.33. The molecule has 0 aliphatic rings. The molecule has 4 nitrogen and oxygen atoms in total. The summed E-state index contributed by atoms with van der Waals surface area (Å²) in [5.74, 6) is 0. The zero-order valence-electron chi connectivity index (χ0n) is 7.92. The Hall–Kier alpha value is -1.58. The Balaban J connectivity index is 2.87. The van der Waals surface area contributed by atoms with Gasteiger partial charge < -0.3 is 4.74 Å². The highest BCUT2D eigenvalue weighted by atomic mass is 16.5. The fourth-order valence-corrected chi connectivity index (χ4v) is 0.924. The van der Waals surface area contributed by atoms with Crippen LogP contribution in [0.1, 0.15) is 11.3 Å². The summed E-state index contributed by atoms with van der Waals surface area (Å²) < 4.78 is 4.48. The third kappa shape index (κ3) is 2.43. The van der Waals surface area contributed by atoms with Crippen LogP contribution in [0.3, 0.4) is 0 Å². The molecule has 0 saturated heterocycles. The minimum atomic E-state index is -0.464. The monoisotopic (exact) mass is 180 g/mol. The van der Waals surface area contributed by atoms with Crippen molar-refractivity contribution >= 4 is 11.8 Å². The van der Waals surface area contributed by atoms with Crippen LogP contribution in [0.4, 0.5) is 10.5 Å². The number of ether oxygens (including phenoxy) is 1. The number of nitrogens with zero attached hydrogens (tertiary/aromatic N) is 1. The highest BCUT2D eigenvalue weighted by Gasteiger charge is 2.03. The first-order valence-corrected chi connectivity index (χ1v) is 3.91. The molecule has 0 unspecified atom stereocenters. The molecule has 0 bridgehead atoms. The number of carbonyl (C=O) groups excluding carboxylic acids is 1. The summed E-state index contributed by atoms with van der Waals surface area (Å²) in [4.78, 5) is 15.0. The zero-order chi connectivity index (χ0) is 9.84. The average Bonchev–Trinajstić information content (AvgIpc) is 2.11. The minimum absolute atomic E-state index is 0.464. The number of aromatic nitrogens is 1. The van der Waals surface area contributed by atoms with Crippen molar-refractivity contribution in [2.24, 2.45) is 0 Å². The van der Waals surface area contributed by atoms with Crippen molar-refractivity contribution in [2.45, 2.75) is 13.8 Å². The normalized spacial score (nSPS) is 9.46. The lowest BCUT2D eigenvalue weighted by atomic mass is 10.2. The van der Waals surface area contributed by atoms with Crippen molar-refractivity contribution < 1.29 is 9.53 Å². The van der Waals surface area contributed by atoms with Crippen LogP contribution < -0.4 is 5.32 Å². The largest absolute Gasteiger partial charge is 0.453 e. The van der Waals surface area contributed by atoms with Gasteiger partial charge in [0.05, 0.1) is 12.8 Å². The molecule has 0 radical (unpaired) electrons. The smallest absolute Gasteiger partial charge is 0.411 e. The predicted octanol–water partition coefficient (Wildman–Crippen LogP) is 1.88. The van der Waals surface area contributed by atoms with Crippen LogP contribution in [0.2, 0.25) is 0 Å². The number of hydrogen-bond donors (Lipinski definition) is 1. The van der Waals surface area contributed by atoms with Gasteiger partial charge in [-0.2, -0.15) is 0 Å². The SMILES string of the molecule is COC(=O)Nc1cc(C)ncc1C. The first kappa shape index (κ1) is 9.51. The van der Waals surface area contributed by atoms with Gasteiger partial charge in [-0.15, -0.1) is 0 Å². The number of aryl methyl sites for hydroxylation is 2. The van der Waals surface area contributed by atoms with Crippen molar-refractivity contribution in [1.82, 2.24) is 4.98 Å². The van der Waals surface area contributed by atoms with Crippen LogP contribution in [0, 0.1) is 13.8 Å². The lowest BCUT2D eigenvalue weighted by molar-refractivity contribution is 0.187. The number of nitrogens with one attached hydrogen (secondary N) is 1. The van der Waals surface area contributed by atoms with Crippen molar-refractivity contribution in [3.05, 3.63) is 23.5 Å². The molecule has 13 heavy (non-hydrogen) atoms. The third-order valence-corrected chi connectivity index (χ3v) is 1.66. The summed E-state index contributed by atoms with van der Waals surface area (Å²) in [6.45, 7) is 3.74. The second kappa shape index (κ2) is 3.89. The molecule has 4 heteroatoms. The van der Waals surface area contributed by atoms with E-state index < -0.39 is 6.09 Å². The molecule has 0 atom stereocenters. The van der Waals surface area contributed by atoms with Crippen LogP contribution in [0.5, 0.6) is 0 Å². The average molecular weight is 180 g/mol. The molecule has 1 aromatic rings. The van der Waals surface area contributed by atoms with E-state index in [2.05, 4.69) is 15.0 Å². The van der Waals surface area contributed by atoms with Gasteiger partial charge in [0.2, 0.25) is 0 Å². The Bertz CT molecular complexity index is 323. The van der Waals surface area contributed by atoms with E-state index in [0.29, 0.717) is 0 Å². The van der Waals surface area contributed by atoms with E-state index in [1.54, 1.807) is 12.3 Å². The highest BCUT2D eigenvalue weighted by Crippen LogP contribution is 2.13. The molecular weight excluding hydrogens is 168 g/mol. The van der Waals surface area contributed by atoms with Crippen molar-refractivity contribution in [2.75, 3.05) is 12.4 Å². The molecule has 0 spiro atoms. The first-order valence-electron chi connectivity index (χ1n) is 3.91. The molecule has 1 N–H and O–H groups in total. The molecule has 0 aromatic carbocycles. The van der Waals surface area contributed by atoms with E-state index in [1.807, 2.05) is 13.8 Å². The summed E-state index contributed by atoms with van der Waals surface area (Å²) in [6.07, 6.45) is 1.24. The van der Waals surface area contributed by atoms with Crippen molar-refractivity contribution in [3.8, 4) is 0 Å². The van der Waals surface area contributed by atoms with Crippen LogP contribution in [0.25, 0.3) is 0 Å². The van der Waals surface area contributed by atoms with Gasteiger partial charge in [0.25, 0.3) is 0 Å². The van der Waals surface area contributed by atoms with Crippen LogP contribution in [-0.4, -0.2) is 18.2 Å². The van der Waals surface area contributed by atoms with Gasteiger partial charge in [0, 0.05) is 11.9 Å². The molecule has 1 aromatic heterocycles. The molecule has 0 saturated carbocycles. The molecule has 0 aliphatic heterocycles. The van der Waals surface area contributed by atoms with E-state index >= 15 is 0 Å². The van der Waals surface area contributed by atoms with Gasteiger partial charge >= 0.3 is 6.09 Å². The number of hydrogen-bond acceptors (Lipinski definition) is 3. The maximum atomic E-state index is 10.9. The Kier molecular flexibility index (Phi) is 2.84. The van der Waals surface area contributed by atoms with Crippen LogP contribution in [-0.2, 0) is 4.74 Å². The molecule has 0 fully saturated rings. The first-order chi connectivity index (χ1) is 6.13. The summed E-state index contributed by atoms with van der Waals surface area (Å²) in [5, 5.41) is 2.60. The van der Waals surface area contributed by atoms with Gasteiger partial charge in [-0.3, -0.25) is 10.3 Å². The molecule has 1 rings (SSSR count). The number of methoxy groups -OCH3 is 1. The van der Waals surface area contributed by atoms with Gasteiger partial charge in [-0.05, 0) is 25.5 Å². The van der Waals surface area contributed by atoms with Gasteiger partial charge in [0.15, 0.2) is 0 Å². The van der Waals surface area contributed by atoms with Crippen molar-refractivity contribution in [1.29, 1.82) is 0 Å². The van der Waals surface area contributed by atoms with E-state index in [1.165, 1.54) is 7.11 Å². The second-order valence-corrected chi connectivity index (χ2v) is 2.76. The number of amides is 1. The Labute approximate surface area is 76.9 Å². The Morgan fingerprint density at radius 1 is 1.54 bits per heavy atom. The highest BCUT2D eigenvalue weighted by molar-refractivity contribution is 5.85. The Morgan fingerprint density at radius 2 is 2.23 bits per heavy atom. The lowest BCUT2D eigenvalue weighted by Crippen LogP contribution is -2.12. The molecule has 1 amide bonds. The van der Waals surface area contributed by atoms with E-state index in [0.717, 1.165) is 16.9 Å². The maximum Gasteiger partial charge on any atom is 0.411 e. The molecular formula is C9H12N2O2. The van der Waals surface area contributed by atoms with Gasteiger partial charge in [-0.25, -0.2) is 4.79 Å². The summed E-state index contributed by atoms with van der Waals surface area (Å²) >= 11 is 0. The molecule has 1 heterocycles. The minimum Gasteiger partial charge on any atom is -0.453 e. The van der Waals surface area contributed by atoms with Gasteiger partial charge in [0.1, 0.15) is 0 Å². The Morgan fingerprint density at radius 3 is 2.85 bits per heavy atom. The quantitative estimate of drug-likeness (QED) is 0.717. The molecule has 70 valence electrons. The zero-order valence-corrected chi connectivity index (χ0v) is 7.92. The van der Waals surface area contributed by atoms with Crippen molar-refractivity contribution in [3.63, 3.8) is 0 Å². The fourth-order valence-electron chi connectivity index (χ4n) is 0.924. The number of pyridine rings is 1. The van der Waals surface area contributed by atoms with Crippen LogP contribution >= 0.6 is 0 Å². The summed E-state index contributed by atoms with van der Waals surface area (Å²) in [6, 6.07) is 1.80. The number of carbonyl (C=O) groups is 1. The lowest BCUT2D eigenvalue weighted by Gasteiger charge is -2.06. The predicted molar refractivity (Wildman–Crippen MR) is 49.7 cm³/mol. The topological polar surface area (TPSA) is 51.2 Å². The van der Waals surface area contributed by atoms with Gasteiger partial charge in [-0.1, -0.05) is 0 Å². The van der Waals surface area contributed by atoms with E-state index in [9.17, 15) is 4.79 Å². The van der Waals surface area contributed by atoms with E-state index in [-0.39, 0.29) is 0 Å². The number of rotatable bonds is 1. The van der Waals surface area contributed by atoms with E-state index in [4.69, 9.17) is 0 Å². The van der Waals surface area contributed by atoms with Crippen LogP contribution in [0.15, 0.2) is 12.3 Å². The second-order valence-electron chi connectivity index (χ2n) is 2.76.